The van der Waals surface area contributed by atoms with Crippen molar-refractivity contribution < 1.29 is 31.2 Å². The molecule has 1 atom stereocenters. The topological polar surface area (TPSA) is 86.8 Å². The summed E-state index contributed by atoms with van der Waals surface area (Å²) in [6.45, 7) is 0.746. The van der Waals surface area contributed by atoms with E-state index in [1.165, 1.54) is 36.2 Å². The Labute approximate surface area is 279 Å². The molecule has 0 saturated heterocycles. The summed E-state index contributed by atoms with van der Waals surface area (Å²) in [4.78, 5) is 28.6. The zero-order valence-electron chi connectivity index (χ0n) is 24.8. The van der Waals surface area contributed by atoms with Crippen molar-refractivity contribution in [1.82, 2.24) is 10.2 Å². The zero-order chi connectivity index (χ0) is 33.6. The lowest BCUT2D eigenvalue weighted by Crippen LogP contribution is -2.53. The summed E-state index contributed by atoms with van der Waals surface area (Å²) >= 11 is 9.22. The molecule has 0 aliphatic rings. The van der Waals surface area contributed by atoms with E-state index in [1.807, 2.05) is 0 Å². The van der Waals surface area contributed by atoms with Crippen molar-refractivity contribution in [2.75, 3.05) is 17.9 Å². The Morgan fingerprint density at radius 1 is 0.913 bits per heavy atom. The average molecular weight is 737 g/mol. The molecule has 0 aliphatic heterocycles. The van der Waals surface area contributed by atoms with Gasteiger partial charge in [0.05, 0.1) is 21.2 Å². The first-order valence-corrected chi connectivity index (χ1v) is 16.6. The molecule has 0 fully saturated rings. The first-order valence-electron chi connectivity index (χ1n) is 14.0. The van der Waals surface area contributed by atoms with Gasteiger partial charge in [0.1, 0.15) is 12.6 Å². The van der Waals surface area contributed by atoms with E-state index >= 15 is 0 Å². The Hall–Kier alpha value is -3.87. The molecule has 0 saturated carbocycles. The van der Waals surface area contributed by atoms with Crippen LogP contribution >= 0.6 is 27.5 Å². The minimum absolute atomic E-state index is 0.0899. The molecule has 0 radical (unpaired) electrons. The van der Waals surface area contributed by atoms with Crippen LogP contribution in [0.5, 0.6) is 0 Å². The quantitative estimate of drug-likeness (QED) is 0.180. The molecule has 13 heteroatoms. The molecule has 46 heavy (non-hydrogen) atoms. The second-order valence-electron chi connectivity index (χ2n) is 10.5. The average Bonchev–Trinajstić information content (AvgIpc) is 3.02. The summed E-state index contributed by atoms with van der Waals surface area (Å²) in [5, 5.41) is 1.95. The fourth-order valence-corrected chi connectivity index (χ4v) is 6.65. The van der Waals surface area contributed by atoms with Crippen molar-refractivity contribution in [2.45, 2.75) is 37.0 Å². The van der Waals surface area contributed by atoms with Crippen LogP contribution in [-0.4, -0.2) is 44.8 Å². The number of alkyl halides is 3. The van der Waals surface area contributed by atoms with Gasteiger partial charge in [-0.15, -0.1) is 0 Å². The normalized spacial score (nSPS) is 12.3. The van der Waals surface area contributed by atoms with Gasteiger partial charge in [-0.25, -0.2) is 8.42 Å². The Kier molecular flexibility index (Phi) is 11.2. The van der Waals surface area contributed by atoms with Crippen LogP contribution in [-0.2, 0) is 38.8 Å². The van der Waals surface area contributed by atoms with Crippen LogP contribution in [0.4, 0.5) is 18.9 Å². The minimum atomic E-state index is -4.90. The third-order valence-corrected chi connectivity index (χ3v) is 9.86. The number of nitrogens with zero attached hydrogens (tertiary/aromatic N) is 2. The van der Waals surface area contributed by atoms with Crippen LogP contribution in [0.3, 0.4) is 0 Å². The van der Waals surface area contributed by atoms with Gasteiger partial charge in [-0.05, 0) is 60.5 Å². The second kappa shape index (κ2) is 14.7. The Bertz CT molecular complexity index is 1790. The van der Waals surface area contributed by atoms with Crippen LogP contribution in [0.1, 0.15) is 22.3 Å². The van der Waals surface area contributed by atoms with E-state index in [2.05, 4.69) is 21.2 Å². The number of likely N-dealkylation sites (N-methyl/N-ethyl adjacent to an activating group) is 1. The molecular formula is C33H30BrClF3N3O4S. The first kappa shape index (κ1) is 35.0. The number of hydrogen-bond acceptors (Lipinski definition) is 4. The van der Waals surface area contributed by atoms with E-state index in [9.17, 15) is 31.2 Å². The van der Waals surface area contributed by atoms with Gasteiger partial charge in [0, 0.05) is 24.5 Å². The maximum absolute atomic E-state index is 14.3. The van der Waals surface area contributed by atoms with Gasteiger partial charge in [0.25, 0.3) is 10.0 Å². The van der Waals surface area contributed by atoms with Crippen LogP contribution in [0.25, 0.3) is 0 Å². The molecule has 0 aliphatic carbocycles. The molecule has 7 nitrogen and oxygen atoms in total. The second-order valence-corrected chi connectivity index (χ2v) is 13.6. The van der Waals surface area contributed by atoms with Crippen molar-refractivity contribution in [3.05, 3.63) is 129 Å². The van der Waals surface area contributed by atoms with Crippen LogP contribution < -0.4 is 9.62 Å². The predicted octanol–water partition coefficient (Wildman–Crippen LogP) is 7.01. The number of halogens is 5. The predicted molar refractivity (Wildman–Crippen MR) is 175 cm³/mol. The van der Waals surface area contributed by atoms with Crippen molar-refractivity contribution in [3.8, 4) is 0 Å². The molecule has 0 heterocycles. The smallest absolute Gasteiger partial charge is 0.357 e. The number of carbonyl (C=O) groups excluding carboxylic acids is 2. The summed E-state index contributed by atoms with van der Waals surface area (Å²) in [6.07, 6.45) is -4.81. The van der Waals surface area contributed by atoms with Crippen molar-refractivity contribution in [3.63, 3.8) is 0 Å². The highest BCUT2D eigenvalue weighted by atomic mass is 79.9. The summed E-state index contributed by atoms with van der Waals surface area (Å²) in [6, 6.07) is 23.2. The van der Waals surface area contributed by atoms with Gasteiger partial charge in [-0.1, -0.05) is 87.7 Å². The van der Waals surface area contributed by atoms with Crippen molar-refractivity contribution in [1.29, 1.82) is 0 Å². The molecule has 0 unspecified atom stereocenters. The lowest BCUT2D eigenvalue weighted by molar-refractivity contribution is -0.139. The van der Waals surface area contributed by atoms with Gasteiger partial charge in [0.15, 0.2) is 0 Å². The molecule has 4 aromatic carbocycles. The number of carbonyl (C=O) groups is 2. The van der Waals surface area contributed by atoms with Crippen LogP contribution in [0.15, 0.2) is 106 Å². The lowest BCUT2D eigenvalue weighted by Gasteiger charge is -2.33. The van der Waals surface area contributed by atoms with E-state index in [0.29, 0.717) is 15.9 Å². The standard InChI is InChI=1S/C33H30BrClF3N3O4S/c1-22-8-15-27(16-9-22)46(44,45)41(26-14-17-29(35)28(19-26)33(36,37)38)21-31(42)40(20-24-10-12-25(34)13-11-24)30(32(43)39-2)18-23-6-4-3-5-7-23/h3-17,19,30H,18,20-21H2,1-2H3,(H,39,43)/t30-/m1/s1. The first-order chi connectivity index (χ1) is 21.7. The fraction of sp³-hybridized carbons (Fsp3) is 0.212. The van der Waals surface area contributed by atoms with Gasteiger partial charge < -0.3 is 10.2 Å². The number of hydrogen-bond donors (Lipinski definition) is 1. The lowest BCUT2D eigenvalue weighted by atomic mass is 10.0. The molecule has 4 rings (SSSR count). The summed E-state index contributed by atoms with van der Waals surface area (Å²) in [5.74, 6) is -1.32. The molecular weight excluding hydrogens is 707 g/mol. The van der Waals surface area contributed by atoms with Gasteiger partial charge in [0.2, 0.25) is 11.8 Å². The summed E-state index contributed by atoms with van der Waals surface area (Å²) in [7, 11) is -3.18. The number of aryl methyl sites for hydroxylation is 1. The maximum Gasteiger partial charge on any atom is 0.417 e. The Morgan fingerprint density at radius 3 is 2.13 bits per heavy atom. The summed E-state index contributed by atoms with van der Waals surface area (Å²) in [5.41, 5.74) is 0.442. The van der Waals surface area contributed by atoms with Gasteiger partial charge in [-0.2, -0.15) is 13.2 Å². The van der Waals surface area contributed by atoms with Gasteiger partial charge >= 0.3 is 6.18 Å². The third-order valence-electron chi connectivity index (χ3n) is 7.21. The number of anilines is 1. The van der Waals surface area contributed by atoms with E-state index < -0.39 is 56.9 Å². The highest BCUT2D eigenvalue weighted by Gasteiger charge is 2.37. The number of rotatable bonds is 11. The van der Waals surface area contributed by atoms with E-state index in [4.69, 9.17) is 11.6 Å². The zero-order valence-corrected chi connectivity index (χ0v) is 27.9. The van der Waals surface area contributed by atoms with Crippen molar-refractivity contribution >= 4 is 55.1 Å². The number of benzene rings is 4. The Morgan fingerprint density at radius 2 is 1.54 bits per heavy atom. The molecule has 0 aromatic heterocycles. The monoisotopic (exact) mass is 735 g/mol. The highest BCUT2D eigenvalue weighted by molar-refractivity contribution is 9.10. The maximum atomic E-state index is 14.3. The van der Waals surface area contributed by atoms with Crippen LogP contribution in [0, 0.1) is 6.92 Å². The SMILES string of the molecule is CNC(=O)[C@@H](Cc1ccccc1)N(Cc1ccc(Br)cc1)C(=O)CN(c1ccc(Cl)c(C(F)(F)F)c1)S(=O)(=O)c1ccc(C)cc1. The number of amides is 2. The molecule has 2 amide bonds. The number of nitrogens with one attached hydrogen (secondary N) is 1. The third kappa shape index (κ3) is 8.48. The molecule has 4 aromatic rings. The number of sulfonamides is 1. The minimum Gasteiger partial charge on any atom is -0.357 e. The molecule has 242 valence electrons. The van der Waals surface area contributed by atoms with Crippen molar-refractivity contribution in [2.24, 2.45) is 0 Å². The molecule has 0 spiro atoms. The fourth-order valence-electron chi connectivity index (χ4n) is 4.76. The molecule has 0 bridgehead atoms. The summed E-state index contributed by atoms with van der Waals surface area (Å²) < 4.78 is 71.1. The van der Waals surface area contributed by atoms with E-state index in [-0.39, 0.29) is 17.9 Å². The Balaban J connectivity index is 1.84. The molecule has 1 N–H and O–H groups in total. The van der Waals surface area contributed by atoms with E-state index in [0.717, 1.165) is 27.7 Å². The highest BCUT2D eigenvalue weighted by Crippen LogP contribution is 2.38. The van der Waals surface area contributed by atoms with E-state index in [1.54, 1.807) is 61.5 Å². The van der Waals surface area contributed by atoms with Gasteiger partial charge in [-0.3, -0.25) is 13.9 Å². The largest absolute Gasteiger partial charge is 0.417 e. The van der Waals surface area contributed by atoms with Crippen LogP contribution in [0.2, 0.25) is 5.02 Å².